The molecule has 0 fully saturated rings. The molecule has 0 unspecified atom stereocenters. The second kappa shape index (κ2) is 5.79. The molecule has 6 heteroatoms. The number of aromatic nitrogens is 4. The standard InChI is InChI=1S/C12H20N6/c1-3-18-9-11(7-15-18)12-10(6-14-16-12)8-17(2)5-4-13/h6-7,9H,3-5,8,13H2,1-2H3,(H,14,16). The number of H-pyrrole nitrogens is 1. The van der Waals surface area contributed by atoms with Crippen molar-refractivity contribution in [1.29, 1.82) is 0 Å². The summed E-state index contributed by atoms with van der Waals surface area (Å²) in [5, 5.41) is 11.5. The highest BCUT2D eigenvalue weighted by Gasteiger charge is 2.11. The van der Waals surface area contributed by atoms with Gasteiger partial charge in [0.15, 0.2) is 0 Å². The predicted octanol–water partition coefficient (Wildman–Crippen LogP) is 0.684. The molecular formula is C12H20N6. The van der Waals surface area contributed by atoms with Gasteiger partial charge in [-0.1, -0.05) is 0 Å². The summed E-state index contributed by atoms with van der Waals surface area (Å²) < 4.78 is 1.91. The Hall–Kier alpha value is -1.66. The Morgan fingerprint density at radius 3 is 2.94 bits per heavy atom. The average molecular weight is 248 g/mol. The highest BCUT2D eigenvalue weighted by Crippen LogP contribution is 2.21. The van der Waals surface area contributed by atoms with Gasteiger partial charge < -0.3 is 10.6 Å². The van der Waals surface area contributed by atoms with E-state index in [0.29, 0.717) is 6.54 Å². The summed E-state index contributed by atoms with van der Waals surface area (Å²) in [7, 11) is 2.05. The summed E-state index contributed by atoms with van der Waals surface area (Å²) in [5.74, 6) is 0. The molecule has 0 saturated heterocycles. The lowest BCUT2D eigenvalue weighted by Crippen LogP contribution is -2.25. The van der Waals surface area contributed by atoms with Crippen LogP contribution in [0.25, 0.3) is 11.3 Å². The van der Waals surface area contributed by atoms with Gasteiger partial charge in [-0.25, -0.2) is 0 Å². The summed E-state index contributed by atoms with van der Waals surface area (Å²) in [6.45, 7) is 5.31. The third-order valence-electron chi connectivity index (χ3n) is 2.91. The van der Waals surface area contributed by atoms with Gasteiger partial charge in [0.1, 0.15) is 0 Å². The number of likely N-dealkylation sites (N-methyl/N-ethyl adjacent to an activating group) is 1. The maximum absolute atomic E-state index is 5.55. The topological polar surface area (TPSA) is 75.8 Å². The lowest BCUT2D eigenvalue weighted by Gasteiger charge is -2.14. The highest BCUT2D eigenvalue weighted by atomic mass is 15.3. The van der Waals surface area contributed by atoms with Crippen LogP contribution in [-0.2, 0) is 13.1 Å². The van der Waals surface area contributed by atoms with E-state index >= 15 is 0 Å². The lowest BCUT2D eigenvalue weighted by atomic mass is 10.1. The number of nitrogens with zero attached hydrogens (tertiary/aromatic N) is 4. The molecule has 3 N–H and O–H groups in total. The van der Waals surface area contributed by atoms with Crippen molar-refractivity contribution in [3.8, 4) is 11.3 Å². The van der Waals surface area contributed by atoms with Gasteiger partial charge in [-0.05, 0) is 14.0 Å². The van der Waals surface area contributed by atoms with Crippen LogP contribution in [0.3, 0.4) is 0 Å². The van der Waals surface area contributed by atoms with E-state index in [4.69, 9.17) is 5.73 Å². The number of rotatable bonds is 6. The largest absolute Gasteiger partial charge is 0.329 e. The zero-order chi connectivity index (χ0) is 13.0. The van der Waals surface area contributed by atoms with E-state index in [1.165, 1.54) is 5.56 Å². The molecular weight excluding hydrogens is 228 g/mol. The van der Waals surface area contributed by atoms with E-state index in [2.05, 4.69) is 34.2 Å². The Bertz CT molecular complexity index is 486. The molecule has 0 aromatic carbocycles. The number of nitrogens with two attached hydrogens (primary N) is 1. The van der Waals surface area contributed by atoms with Crippen molar-refractivity contribution in [2.45, 2.75) is 20.0 Å². The molecule has 2 rings (SSSR count). The molecule has 2 aromatic rings. The van der Waals surface area contributed by atoms with Gasteiger partial charge >= 0.3 is 0 Å². The summed E-state index contributed by atoms with van der Waals surface area (Å²) in [6, 6.07) is 0. The van der Waals surface area contributed by atoms with E-state index in [-0.39, 0.29) is 0 Å². The SMILES string of the molecule is CCn1cc(-c2[nH]ncc2CN(C)CCN)cn1. The van der Waals surface area contributed by atoms with E-state index in [1.54, 1.807) is 0 Å². The Morgan fingerprint density at radius 1 is 1.44 bits per heavy atom. The number of hydrogen-bond donors (Lipinski definition) is 2. The van der Waals surface area contributed by atoms with Crippen molar-refractivity contribution in [3.63, 3.8) is 0 Å². The van der Waals surface area contributed by atoms with Gasteiger partial charge in [0, 0.05) is 43.5 Å². The molecule has 0 aliphatic heterocycles. The monoisotopic (exact) mass is 248 g/mol. The first kappa shape index (κ1) is 12.8. The van der Waals surface area contributed by atoms with Crippen LogP contribution in [0, 0.1) is 0 Å². The van der Waals surface area contributed by atoms with Gasteiger partial charge in [0.2, 0.25) is 0 Å². The smallest absolute Gasteiger partial charge is 0.0726 e. The van der Waals surface area contributed by atoms with E-state index in [9.17, 15) is 0 Å². The fraction of sp³-hybridized carbons (Fsp3) is 0.500. The van der Waals surface area contributed by atoms with Crippen molar-refractivity contribution in [2.75, 3.05) is 20.1 Å². The Kier molecular flexibility index (Phi) is 4.11. The van der Waals surface area contributed by atoms with E-state index < -0.39 is 0 Å². The quantitative estimate of drug-likeness (QED) is 0.788. The van der Waals surface area contributed by atoms with Crippen LogP contribution in [0.4, 0.5) is 0 Å². The fourth-order valence-corrected chi connectivity index (χ4v) is 1.94. The number of aromatic amines is 1. The Balaban J connectivity index is 2.16. The molecule has 0 atom stereocenters. The predicted molar refractivity (Wildman–Crippen MR) is 70.9 cm³/mol. The summed E-state index contributed by atoms with van der Waals surface area (Å²) >= 11 is 0. The first-order valence-electron chi connectivity index (χ1n) is 6.18. The first-order valence-corrected chi connectivity index (χ1v) is 6.18. The molecule has 0 aliphatic carbocycles. The zero-order valence-corrected chi connectivity index (χ0v) is 10.9. The first-order chi connectivity index (χ1) is 8.74. The average Bonchev–Trinajstić information content (AvgIpc) is 2.96. The molecule has 0 radical (unpaired) electrons. The van der Waals surface area contributed by atoms with Crippen LogP contribution < -0.4 is 5.73 Å². The summed E-state index contributed by atoms with van der Waals surface area (Å²) in [4.78, 5) is 2.18. The van der Waals surface area contributed by atoms with Crippen LogP contribution >= 0.6 is 0 Å². The minimum Gasteiger partial charge on any atom is -0.329 e. The van der Waals surface area contributed by atoms with Gasteiger partial charge in [-0.15, -0.1) is 0 Å². The molecule has 0 amide bonds. The van der Waals surface area contributed by atoms with E-state index in [1.807, 2.05) is 23.3 Å². The molecule has 2 heterocycles. The molecule has 0 bridgehead atoms. The lowest BCUT2D eigenvalue weighted by molar-refractivity contribution is 0.337. The van der Waals surface area contributed by atoms with Crippen LogP contribution in [0.15, 0.2) is 18.6 Å². The zero-order valence-electron chi connectivity index (χ0n) is 10.9. The molecule has 0 saturated carbocycles. The second-order valence-corrected chi connectivity index (χ2v) is 4.38. The number of nitrogens with one attached hydrogen (secondary N) is 1. The molecule has 2 aromatic heterocycles. The molecule has 18 heavy (non-hydrogen) atoms. The highest BCUT2D eigenvalue weighted by molar-refractivity contribution is 5.60. The van der Waals surface area contributed by atoms with Gasteiger partial charge in [0.25, 0.3) is 0 Å². The normalized spacial score (nSPS) is 11.3. The van der Waals surface area contributed by atoms with Gasteiger partial charge in [-0.3, -0.25) is 9.78 Å². The summed E-state index contributed by atoms with van der Waals surface area (Å²) in [5.41, 5.74) is 8.83. The van der Waals surface area contributed by atoms with Gasteiger partial charge in [-0.2, -0.15) is 10.2 Å². The second-order valence-electron chi connectivity index (χ2n) is 4.38. The maximum Gasteiger partial charge on any atom is 0.0726 e. The van der Waals surface area contributed by atoms with Crippen molar-refractivity contribution in [3.05, 3.63) is 24.2 Å². The molecule has 0 spiro atoms. The minimum absolute atomic E-state index is 0.664. The molecule has 98 valence electrons. The third kappa shape index (κ3) is 2.77. The maximum atomic E-state index is 5.55. The molecule has 0 aliphatic rings. The third-order valence-corrected chi connectivity index (χ3v) is 2.91. The number of hydrogen-bond acceptors (Lipinski definition) is 4. The fourth-order valence-electron chi connectivity index (χ4n) is 1.94. The van der Waals surface area contributed by atoms with Crippen LogP contribution in [0.2, 0.25) is 0 Å². The van der Waals surface area contributed by atoms with Crippen molar-refractivity contribution in [2.24, 2.45) is 5.73 Å². The van der Waals surface area contributed by atoms with Crippen molar-refractivity contribution >= 4 is 0 Å². The van der Waals surface area contributed by atoms with Crippen molar-refractivity contribution in [1.82, 2.24) is 24.9 Å². The van der Waals surface area contributed by atoms with Crippen LogP contribution in [0.1, 0.15) is 12.5 Å². The number of aryl methyl sites for hydroxylation is 1. The van der Waals surface area contributed by atoms with Crippen molar-refractivity contribution < 1.29 is 0 Å². The minimum atomic E-state index is 0.664. The summed E-state index contributed by atoms with van der Waals surface area (Å²) in [6.07, 6.45) is 5.76. The van der Waals surface area contributed by atoms with Crippen LogP contribution in [0.5, 0.6) is 0 Å². The van der Waals surface area contributed by atoms with E-state index in [0.717, 1.165) is 30.9 Å². The Morgan fingerprint density at radius 2 is 2.28 bits per heavy atom. The molecule has 6 nitrogen and oxygen atoms in total. The Labute approximate surface area is 107 Å². The van der Waals surface area contributed by atoms with Crippen LogP contribution in [-0.4, -0.2) is 45.0 Å². The van der Waals surface area contributed by atoms with Gasteiger partial charge in [0.05, 0.1) is 18.1 Å².